The van der Waals surface area contributed by atoms with Gasteiger partial charge in [-0.05, 0) is 64.8 Å². The van der Waals surface area contributed by atoms with Crippen molar-refractivity contribution in [1.29, 1.82) is 0 Å². The van der Waals surface area contributed by atoms with Gasteiger partial charge in [-0.25, -0.2) is 4.79 Å². The molecule has 0 atom stereocenters. The summed E-state index contributed by atoms with van der Waals surface area (Å²) in [5.41, 5.74) is 1.11. The molecule has 0 aromatic heterocycles. The average Bonchev–Trinajstić information content (AvgIpc) is 2.47. The van der Waals surface area contributed by atoms with Gasteiger partial charge in [0.05, 0.1) is 11.6 Å². The minimum absolute atomic E-state index is 0.159. The Bertz CT molecular complexity index is 623. The quantitative estimate of drug-likeness (QED) is 0.608. The van der Waals surface area contributed by atoms with E-state index in [-0.39, 0.29) is 6.61 Å². The van der Waals surface area contributed by atoms with Crippen LogP contribution >= 0.6 is 15.9 Å². The molecule has 0 aliphatic rings. The van der Waals surface area contributed by atoms with Crippen molar-refractivity contribution in [3.05, 3.63) is 52.5 Å². The molecule has 0 radical (unpaired) electrons. The maximum absolute atomic E-state index is 11.7. The Morgan fingerprint density at radius 2 is 1.76 bits per heavy atom. The smallest absolute Gasteiger partial charge is 0.349 e. The van der Waals surface area contributed by atoms with Gasteiger partial charge >= 0.3 is 5.97 Å². The van der Waals surface area contributed by atoms with Crippen LogP contribution in [0, 0.1) is 6.92 Å². The van der Waals surface area contributed by atoms with Crippen LogP contribution < -0.4 is 14.2 Å². The molecule has 110 valence electrons. The summed E-state index contributed by atoms with van der Waals surface area (Å²) < 4.78 is 16.4. The maximum atomic E-state index is 11.7. The van der Waals surface area contributed by atoms with Crippen LogP contribution in [0.3, 0.4) is 0 Å². The molecule has 0 N–H and O–H groups in total. The summed E-state index contributed by atoms with van der Waals surface area (Å²) in [6, 6.07) is 12.4. The summed E-state index contributed by atoms with van der Waals surface area (Å²) in [7, 11) is 1.58. The van der Waals surface area contributed by atoms with Crippen LogP contribution in [-0.4, -0.2) is 19.7 Å². The topological polar surface area (TPSA) is 44.8 Å². The number of halogens is 1. The van der Waals surface area contributed by atoms with Crippen molar-refractivity contribution in [1.82, 2.24) is 0 Å². The molecule has 2 aromatic carbocycles. The van der Waals surface area contributed by atoms with E-state index >= 15 is 0 Å². The van der Waals surface area contributed by atoms with Crippen LogP contribution in [0.25, 0.3) is 0 Å². The summed E-state index contributed by atoms with van der Waals surface area (Å²) in [5.74, 6) is 1.29. The van der Waals surface area contributed by atoms with Gasteiger partial charge < -0.3 is 14.2 Å². The third kappa shape index (κ3) is 4.49. The Morgan fingerprint density at radius 3 is 2.38 bits per heavy atom. The second kappa shape index (κ2) is 7.13. The molecule has 0 saturated heterocycles. The number of rotatable bonds is 5. The molecule has 0 saturated carbocycles. The van der Waals surface area contributed by atoms with E-state index in [1.54, 1.807) is 37.4 Å². The highest BCUT2D eigenvalue weighted by Gasteiger charge is 2.08. The van der Waals surface area contributed by atoms with Gasteiger partial charge in [-0.1, -0.05) is 6.07 Å². The van der Waals surface area contributed by atoms with Crippen LogP contribution in [-0.2, 0) is 4.79 Å². The van der Waals surface area contributed by atoms with Gasteiger partial charge in [-0.2, -0.15) is 0 Å². The molecule has 2 aromatic rings. The second-order valence-electron chi connectivity index (χ2n) is 4.37. The number of esters is 1. The van der Waals surface area contributed by atoms with E-state index < -0.39 is 5.97 Å². The van der Waals surface area contributed by atoms with Crippen molar-refractivity contribution in [3.8, 4) is 17.2 Å². The Labute approximate surface area is 131 Å². The predicted molar refractivity (Wildman–Crippen MR) is 83.0 cm³/mol. The average molecular weight is 351 g/mol. The summed E-state index contributed by atoms with van der Waals surface area (Å²) in [6.07, 6.45) is 0. The maximum Gasteiger partial charge on any atom is 0.349 e. The van der Waals surface area contributed by atoms with Crippen molar-refractivity contribution in [2.75, 3.05) is 13.7 Å². The molecule has 4 nitrogen and oxygen atoms in total. The third-order valence-electron chi connectivity index (χ3n) is 2.72. The summed E-state index contributed by atoms with van der Waals surface area (Å²) >= 11 is 3.39. The number of benzene rings is 2. The molecule has 0 unspecified atom stereocenters. The highest BCUT2D eigenvalue weighted by atomic mass is 79.9. The molecule has 5 heteroatoms. The Hall–Kier alpha value is -2.01. The lowest BCUT2D eigenvalue weighted by atomic mass is 10.2. The number of carbonyl (C=O) groups excluding carboxylic acids is 1. The molecule has 0 aliphatic carbocycles. The van der Waals surface area contributed by atoms with E-state index in [1.807, 2.05) is 19.1 Å². The van der Waals surface area contributed by atoms with Crippen LogP contribution in [0.5, 0.6) is 17.2 Å². The standard InChI is InChI=1S/C16H15BrO4/c1-11-3-8-15(14(17)9-11)20-10-16(18)21-13-6-4-12(19-2)5-7-13/h3-9H,10H2,1-2H3. The third-order valence-corrected chi connectivity index (χ3v) is 3.34. The molecule has 0 bridgehead atoms. The zero-order chi connectivity index (χ0) is 15.2. The van der Waals surface area contributed by atoms with Gasteiger partial charge in [0.15, 0.2) is 6.61 Å². The molecule has 0 heterocycles. The van der Waals surface area contributed by atoms with E-state index in [0.29, 0.717) is 17.2 Å². The monoisotopic (exact) mass is 350 g/mol. The zero-order valence-corrected chi connectivity index (χ0v) is 13.3. The number of ether oxygens (including phenoxy) is 3. The molecule has 0 aliphatic heterocycles. The zero-order valence-electron chi connectivity index (χ0n) is 11.8. The van der Waals surface area contributed by atoms with Gasteiger partial charge in [0.1, 0.15) is 17.2 Å². The van der Waals surface area contributed by atoms with Crippen LogP contribution in [0.15, 0.2) is 46.9 Å². The molecule has 2 rings (SSSR count). The summed E-state index contributed by atoms with van der Waals surface area (Å²) in [5, 5.41) is 0. The van der Waals surface area contributed by atoms with Crippen molar-refractivity contribution in [2.24, 2.45) is 0 Å². The van der Waals surface area contributed by atoms with Crippen molar-refractivity contribution in [3.63, 3.8) is 0 Å². The van der Waals surface area contributed by atoms with Crippen LogP contribution in [0.2, 0.25) is 0 Å². The fourth-order valence-corrected chi connectivity index (χ4v) is 2.27. The largest absolute Gasteiger partial charge is 0.497 e. The van der Waals surface area contributed by atoms with E-state index in [1.165, 1.54) is 0 Å². The number of aryl methyl sites for hydroxylation is 1. The lowest BCUT2D eigenvalue weighted by Gasteiger charge is -2.09. The minimum Gasteiger partial charge on any atom is -0.497 e. The fraction of sp³-hybridized carbons (Fsp3) is 0.188. The molecule has 21 heavy (non-hydrogen) atoms. The fourth-order valence-electron chi connectivity index (χ4n) is 1.66. The molecular formula is C16H15BrO4. The van der Waals surface area contributed by atoms with E-state index in [4.69, 9.17) is 14.2 Å². The Balaban J connectivity index is 1.89. The number of carbonyl (C=O) groups is 1. The SMILES string of the molecule is COc1ccc(OC(=O)COc2ccc(C)cc2Br)cc1. The first kappa shape index (κ1) is 15.4. The van der Waals surface area contributed by atoms with Crippen LogP contribution in [0.1, 0.15) is 5.56 Å². The van der Waals surface area contributed by atoms with E-state index in [0.717, 1.165) is 10.0 Å². The van der Waals surface area contributed by atoms with Crippen LogP contribution in [0.4, 0.5) is 0 Å². The van der Waals surface area contributed by atoms with E-state index in [2.05, 4.69) is 15.9 Å². The van der Waals surface area contributed by atoms with Gasteiger partial charge in [-0.15, -0.1) is 0 Å². The molecule has 0 spiro atoms. The summed E-state index contributed by atoms with van der Waals surface area (Å²) in [4.78, 5) is 11.7. The number of hydrogen-bond donors (Lipinski definition) is 0. The van der Waals surface area contributed by atoms with E-state index in [9.17, 15) is 4.79 Å². The normalized spacial score (nSPS) is 10.0. The molecular weight excluding hydrogens is 336 g/mol. The second-order valence-corrected chi connectivity index (χ2v) is 5.23. The van der Waals surface area contributed by atoms with Gasteiger partial charge in [-0.3, -0.25) is 0 Å². The summed E-state index contributed by atoms with van der Waals surface area (Å²) in [6.45, 7) is 1.82. The predicted octanol–water partition coefficient (Wildman–Crippen LogP) is 3.75. The van der Waals surface area contributed by atoms with Crippen molar-refractivity contribution >= 4 is 21.9 Å². The minimum atomic E-state index is -0.465. The van der Waals surface area contributed by atoms with Gasteiger partial charge in [0.25, 0.3) is 0 Å². The Morgan fingerprint density at radius 1 is 1.10 bits per heavy atom. The number of hydrogen-bond acceptors (Lipinski definition) is 4. The van der Waals surface area contributed by atoms with Gasteiger partial charge in [0.2, 0.25) is 0 Å². The lowest BCUT2D eigenvalue weighted by molar-refractivity contribution is -0.136. The Kier molecular flexibility index (Phi) is 5.22. The first-order valence-corrected chi connectivity index (χ1v) is 7.11. The lowest BCUT2D eigenvalue weighted by Crippen LogP contribution is -2.17. The first-order chi connectivity index (χ1) is 10.1. The highest BCUT2D eigenvalue weighted by molar-refractivity contribution is 9.10. The van der Waals surface area contributed by atoms with Crippen molar-refractivity contribution < 1.29 is 19.0 Å². The molecule has 0 amide bonds. The van der Waals surface area contributed by atoms with Gasteiger partial charge in [0, 0.05) is 0 Å². The van der Waals surface area contributed by atoms with Crippen molar-refractivity contribution in [2.45, 2.75) is 6.92 Å². The number of methoxy groups -OCH3 is 1. The molecule has 0 fully saturated rings. The highest BCUT2D eigenvalue weighted by Crippen LogP contribution is 2.25. The first-order valence-electron chi connectivity index (χ1n) is 6.32.